The van der Waals surface area contributed by atoms with E-state index in [4.69, 9.17) is 4.74 Å². The fourth-order valence-electron chi connectivity index (χ4n) is 1.80. The zero-order valence-electron chi connectivity index (χ0n) is 11.5. The van der Waals surface area contributed by atoms with Crippen molar-refractivity contribution in [2.75, 3.05) is 6.61 Å². The Labute approximate surface area is 125 Å². The average molecular weight is 341 g/mol. The molecule has 2 rings (SSSR count). The van der Waals surface area contributed by atoms with E-state index in [0.717, 1.165) is 25.0 Å². The number of hydrogen-bond acceptors (Lipinski definition) is 4. The first-order valence-electron chi connectivity index (χ1n) is 6.41. The van der Waals surface area contributed by atoms with Gasteiger partial charge in [-0.15, -0.1) is 5.10 Å². The lowest BCUT2D eigenvalue weighted by atomic mass is 10.2. The molecule has 20 heavy (non-hydrogen) atoms. The van der Waals surface area contributed by atoms with E-state index in [1.807, 2.05) is 19.3 Å². The zero-order valence-corrected chi connectivity index (χ0v) is 13.1. The minimum absolute atomic E-state index is 0.174. The van der Waals surface area contributed by atoms with Gasteiger partial charge in [-0.2, -0.15) is 5.10 Å². The summed E-state index contributed by atoms with van der Waals surface area (Å²) >= 11 is 3.19. The number of aryl methyl sites for hydroxylation is 3. The molecule has 0 unspecified atom stereocenters. The highest BCUT2D eigenvalue weighted by molar-refractivity contribution is 9.10. The van der Waals surface area contributed by atoms with Crippen LogP contribution in [0.5, 0.6) is 5.88 Å². The van der Waals surface area contributed by atoms with E-state index >= 15 is 0 Å². The van der Waals surface area contributed by atoms with Gasteiger partial charge in [0.25, 0.3) is 5.56 Å². The molecule has 0 bridgehead atoms. The summed E-state index contributed by atoms with van der Waals surface area (Å²) < 4.78 is 9.06. The van der Waals surface area contributed by atoms with Gasteiger partial charge in [-0.1, -0.05) is 0 Å². The van der Waals surface area contributed by atoms with Crippen molar-refractivity contribution in [1.82, 2.24) is 19.6 Å². The van der Waals surface area contributed by atoms with Crippen molar-refractivity contribution >= 4 is 15.9 Å². The van der Waals surface area contributed by atoms with Crippen molar-refractivity contribution in [2.45, 2.75) is 19.3 Å². The number of halogens is 1. The molecule has 0 aromatic carbocycles. The molecule has 0 aliphatic carbocycles. The molecule has 0 N–H and O–H groups in total. The van der Waals surface area contributed by atoms with Crippen molar-refractivity contribution in [3.05, 3.63) is 38.9 Å². The van der Waals surface area contributed by atoms with Crippen LogP contribution in [0.1, 0.15) is 18.5 Å². The van der Waals surface area contributed by atoms with Gasteiger partial charge in [0.2, 0.25) is 5.88 Å². The van der Waals surface area contributed by atoms with Crippen LogP contribution in [0.4, 0.5) is 0 Å². The highest BCUT2D eigenvalue weighted by atomic mass is 79.9. The summed E-state index contributed by atoms with van der Waals surface area (Å²) in [7, 11) is 3.51. The number of unbranched alkanes of at least 4 members (excludes halogenated alkanes) is 1. The molecule has 0 radical (unpaired) electrons. The van der Waals surface area contributed by atoms with Crippen LogP contribution in [0.15, 0.2) is 27.6 Å². The van der Waals surface area contributed by atoms with E-state index < -0.39 is 0 Å². The van der Waals surface area contributed by atoms with Gasteiger partial charge < -0.3 is 4.74 Å². The standard InChI is InChI=1S/C13H17BrN4O2/c1-17-7-6-10(15-17)5-3-4-8-20-12-9-11(14)13(19)18(2)16-12/h6-7,9H,3-5,8H2,1-2H3. The minimum Gasteiger partial charge on any atom is -0.477 e. The van der Waals surface area contributed by atoms with Gasteiger partial charge in [0.05, 0.1) is 16.8 Å². The maximum atomic E-state index is 11.4. The summed E-state index contributed by atoms with van der Waals surface area (Å²) in [5.41, 5.74) is 0.919. The van der Waals surface area contributed by atoms with Crippen LogP contribution in [0, 0.1) is 0 Å². The lowest BCUT2D eigenvalue weighted by molar-refractivity contribution is 0.286. The molecule has 2 aromatic rings. The van der Waals surface area contributed by atoms with Crippen molar-refractivity contribution < 1.29 is 4.74 Å². The molecule has 0 atom stereocenters. The Bertz CT molecular complexity index is 609. The van der Waals surface area contributed by atoms with Crippen LogP contribution in [0.3, 0.4) is 0 Å². The first-order valence-corrected chi connectivity index (χ1v) is 7.21. The maximum Gasteiger partial charge on any atom is 0.281 e. The first-order chi connectivity index (χ1) is 9.56. The first kappa shape index (κ1) is 14.8. The summed E-state index contributed by atoms with van der Waals surface area (Å²) in [5, 5.41) is 8.35. The molecule has 2 heterocycles. The Morgan fingerprint density at radius 1 is 1.30 bits per heavy atom. The molecule has 0 aliphatic rings. The lowest BCUT2D eigenvalue weighted by Gasteiger charge is -2.06. The molecule has 7 heteroatoms. The monoisotopic (exact) mass is 340 g/mol. The number of hydrogen-bond donors (Lipinski definition) is 0. The largest absolute Gasteiger partial charge is 0.477 e. The van der Waals surface area contributed by atoms with Gasteiger partial charge in [0, 0.05) is 26.4 Å². The maximum absolute atomic E-state index is 11.4. The number of nitrogens with zero attached hydrogens (tertiary/aromatic N) is 4. The number of aromatic nitrogens is 4. The zero-order chi connectivity index (χ0) is 14.5. The predicted molar refractivity (Wildman–Crippen MR) is 78.8 cm³/mol. The molecule has 0 amide bonds. The van der Waals surface area contributed by atoms with Gasteiger partial charge in [-0.05, 0) is 41.3 Å². The second-order valence-electron chi connectivity index (χ2n) is 4.55. The van der Waals surface area contributed by atoms with E-state index in [2.05, 4.69) is 26.1 Å². The fourth-order valence-corrected chi connectivity index (χ4v) is 2.25. The smallest absolute Gasteiger partial charge is 0.281 e. The third kappa shape index (κ3) is 3.93. The highest BCUT2D eigenvalue weighted by Gasteiger charge is 2.04. The molecule has 0 aliphatic heterocycles. The summed E-state index contributed by atoms with van der Waals surface area (Å²) in [6.07, 6.45) is 4.80. The van der Waals surface area contributed by atoms with Crippen molar-refractivity contribution in [3.63, 3.8) is 0 Å². The molecular weight excluding hydrogens is 324 g/mol. The molecule has 108 valence electrons. The third-order valence-electron chi connectivity index (χ3n) is 2.84. The Balaban J connectivity index is 1.75. The lowest BCUT2D eigenvalue weighted by Crippen LogP contribution is -2.20. The van der Waals surface area contributed by atoms with Gasteiger partial charge in [-0.3, -0.25) is 9.48 Å². The predicted octanol–water partition coefficient (Wildman–Crippen LogP) is 1.68. The normalized spacial score (nSPS) is 10.8. The summed E-state index contributed by atoms with van der Waals surface area (Å²) in [6.45, 7) is 0.574. The molecule has 0 spiro atoms. The van der Waals surface area contributed by atoms with Gasteiger partial charge in [0.1, 0.15) is 0 Å². The molecule has 2 aromatic heterocycles. The quantitative estimate of drug-likeness (QED) is 0.750. The van der Waals surface area contributed by atoms with E-state index in [1.165, 1.54) is 4.68 Å². The van der Waals surface area contributed by atoms with E-state index in [0.29, 0.717) is 17.0 Å². The van der Waals surface area contributed by atoms with Crippen LogP contribution >= 0.6 is 15.9 Å². The summed E-state index contributed by atoms with van der Waals surface area (Å²) in [5.74, 6) is 0.455. The minimum atomic E-state index is -0.174. The molecule has 0 saturated heterocycles. The third-order valence-corrected chi connectivity index (χ3v) is 3.41. The Morgan fingerprint density at radius 2 is 2.10 bits per heavy atom. The van der Waals surface area contributed by atoms with E-state index in [1.54, 1.807) is 17.8 Å². The van der Waals surface area contributed by atoms with Crippen LogP contribution in [0.2, 0.25) is 0 Å². The number of rotatable bonds is 6. The Morgan fingerprint density at radius 3 is 2.75 bits per heavy atom. The molecule has 0 saturated carbocycles. The average Bonchev–Trinajstić information content (AvgIpc) is 2.81. The van der Waals surface area contributed by atoms with Crippen LogP contribution in [0.25, 0.3) is 0 Å². The SMILES string of the molecule is Cn1ccc(CCCCOc2cc(Br)c(=O)n(C)n2)n1. The second-order valence-corrected chi connectivity index (χ2v) is 5.40. The molecular formula is C13H17BrN4O2. The van der Waals surface area contributed by atoms with Crippen LogP contribution in [-0.2, 0) is 20.5 Å². The van der Waals surface area contributed by atoms with Gasteiger partial charge in [0.15, 0.2) is 0 Å². The van der Waals surface area contributed by atoms with Crippen molar-refractivity contribution in [1.29, 1.82) is 0 Å². The second kappa shape index (κ2) is 6.69. The number of ether oxygens (including phenoxy) is 1. The van der Waals surface area contributed by atoms with E-state index in [-0.39, 0.29) is 5.56 Å². The Hall–Kier alpha value is -1.63. The highest BCUT2D eigenvalue weighted by Crippen LogP contribution is 2.11. The van der Waals surface area contributed by atoms with Crippen LogP contribution < -0.4 is 10.3 Å². The van der Waals surface area contributed by atoms with Crippen LogP contribution in [-0.4, -0.2) is 26.2 Å². The van der Waals surface area contributed by atoms with E-state index in [9.17, 15) is 4.79 Å². The van der Waals surface area contributed by atoms with Crippen molar-refractivity contribution in [2.24, 2.45) is 14.1 Å². The fraction of sp³-hybridized carbons (Fsp3) is 0.462. The van der Waals surface area contributed by atoms with Gasteiger partial charge >= 0.3 is 0 Å². The summed E-state index contributed by atoms with van der Waals surface area (Å²) in [4.78, 5) is 11.4. The Kier molecular flexibility index (Phi) is 4.94. The van der Waals surface area contributed by atoms with Gasteiger partial charge in [-0.25, -0.2) is 4.68 Å². The van der Waals surface area contributed by atoms with Crippen molar-refractivity contribution in [3.8, 4) is 5.88 Å². The summed E-state index contributed by atoms with van der Waals surface area (Å²) in [6, 6.07) is 3.62. The molecule has 0 fully saturated rings. The molecule has 6 nitrogen and oxygen atoms in total. The topological polar surface area (TPSA) is 61.9 Å².